The van der Waals surface area contributed by atoms with Crippen molar-refractivity contribution in [3.8, 4) is 12.3 Å². The van der Waals surface area contributed by atoms with Crippen LogP contribution in [0.4, 0.5) is 4.39 Å². The van der Waals surface area contributed by atoms with Crippen molar-refractivity contribution in [3.63, 3.8) is 0 Å². The molecule has 1 atom stereocenters. The predicted octanol–water partition coefficient (Wildman–Crippen LogP) is 1.60. The third-order valence-corrected chi connectivity index (χ3v) is 1.71. The molecule has 1 aromatic rings. The van der Waals surface area contributed by atoms with Crippen molar-refractivity contribution in [2.75, 3.05) is 6.61 Å². The van der Waals surface area contributed by atoms with Crippen LogP contribution >= 0.6 is 0 Å². The molecule has 0 aliphatic rings. The Morgan fingerprint density at radius 2 is 2.40 bits per heavy atom. The number of carboxylic acid groups (broad SMARTS) is 1. The van der Waals surface area contributed by atoms with Crippen molar-refractivity contribution in [2.45, 2.75) is 6.10 Å². The summed E-state index contributed by atoms with van der Waals surface area (Å²) in [6.45, 7) is -0.131. The molecule has 0 aliphatic carbocycles. The Balaban J connectivity index is 2.89. The molecule has 0 spiro atoms. The maximum atomic E-state index is 12.8. The Morgan fingerprint density at radius 3 is 2.93 bits per heavy atom. The van der Waals surface area contributed by atoms with Crippen LogP contribution in [0.2, 0.25) is 0 Å². The zero-order valence-corrected chi connectivity index (χ0v) is 7.81. The van der Waals surface area contributed by atoms with Crippen molar-refractivity contribution >= 4 is 5.97 Å². The first-order chi connectivity index (χ1) is 7.15. The Hall–Kier alpha value is -1.86. The Morgan fingerprint density at radius 1 is 1.67 bits per heavy atom. The van der Waals surface area contributed by atoms with Crippen molar-refractivity contribution in [1.29, 1.82) is 0 Å². The first kappa shape index (κ1) is 11.2. The normalized spacial score (nSPS) is 11.7. The standard InChI is InChI=1S/C11H9FO3/c1-2-6-15-10(11(13)14)8-4-3-5-9(12)7-8/h1,3-5,7,10H,6H2,(H,13,14). The second kappa shape index (κ2) is 5.13. The number of ether oxygens (including phenoxy) is 1. The minimum absolute atomic E-state index is 0.131. The van der Waals surface area contributed by atoms with Crippen molar-refractivity contribution in [1.82, 2.24) is 0 Å². The van der Waals surface area contributed by atoms with Crippen LogP contribution < -0.4 is 0 Å². The molecule has 0 aliphatic heterocycles. The Labute approximate surface area is 86.5 Å². The molecule has 3 nitrogen and oxygen atoms in total. The van der Waals surface area contributed by atoms with E-state index in [1.807, 2.05) is 0 Å². The van der Waals surface area contributed by atoms with Crippen LogP contribution in [0.15, 0.2) is 24.3 Å². The van der Waals surface area contributed by atoms with Gasteiger partial charge in [-0.15, -0.1) is 6.42 Å². The second-order valence-corrected chi connectivity index (χ2v) is 2.79. The zero-order chi connectivity index (χ0) is 11.3. The second-order valence-electron chi connectivity index (χ2n) is 2.79. The SMILES string of the molecule is C#CCOC(C(=O)O)c1cccc(F)c1. The van der Waals surface area contributed by atoms with E-state index in [-0.39, 0.29) is 12.2 Å². The number of terminal acetylenes is 1. The number of benzene rings is 1. The van der Waals surface area contributed by atoms with Gasteiger partial charge in [-0.05, 0) is 17.7 Å². The number of hydrogen-bond acceptors (Lipinski definition) is 2. The molecule has 0 amide bonds. The number of rotatable bonds is 4. The highest BCUT2D eigenvalue weighted by Gasteiger charge is 2.20. The maximum Gasteiger partial charge on any atom is 0.337 e. The summed E-state index contributed by atoms with van der Waals surface area (Å²) in [7, 11) is 0. The highest BCUT2D eigenvalue weighted by atomic mass is 19.1. The molecule has 1 N–H and O–H groups in total. The minimum Gasteiger partial charge on any atom is -0.479 e. The van der Waals surface area contributed by atoms with Gasteiger partial charge in [0.15, 0.2) is 6.10 Å². The van der Waals surface area contributed by atoms with E-state index >= 15 is 0 Å². The first-order valence-corrected chi connectivity index (χ1v) is 4.18. The highest BCUT2D eigenvalue weighted by molar-refractivity contribution is 5.74. The molecule has 0 radical (unpaired) electrons. The molecule has 1 aromatic carbocycles. The molecule has 1 rings (SSSR count). The average molecular weight is 208 g/mol. The van der Waals surface area contributed by atoms with Gasteiger partial charge in [0.2, 0.25) is 0 Å². The van der Waals surface area contributed by atoms with E-state index in [1.165, 1.54) is 18.2 Å². The minimum atomic E-state index is -1.23. The predicted molar refractivity (Wildman–Crippen MR) is 51.6 cm³/mol. The first-order valence-electron chi connectivity index (χ1n) is 4.18. The fraction of sp³-hybridized carbons (Fsp3) is 0.182. The summed E-state index contributed by atoms with van der Waals surface area (Å²) in [5.41, 5.74) is 0.234. The summed E-state index contributed by atoms with van der Waals surface area (Å²) in [5, 5.41) is 8.83. The van der Waals surface area contributed by atoms with E-state index in [9.17, 15) is 9.18 Å². The molecule has 1 unspecified atom stereocenters. The zero-order valence-electron chi connectivity index (χ0n) is 7.81. The molecular weight excluding hydrogens is 199 g/mol. The lowest BCUT2D eigenvalue weighted by atomic mass is 10.1. The Bertz CT molecular complexity index is 395. The lowest BCUT2D eigenvalue weighted by Gasteiger charge is -2.11. The van der Waals surface area contributed by atoms with Crippen molar-refractivity contribution in [3.05, 3.63) is 35.6 Å². The van der Waals surface area contributed by atoms with Crippen LogP contribution in [0.5, 0.6) is 0 Å². The van der Waals surface area contributed by atoms with Crippen LogP contribution in [-0.4, -0.2) is 17.7 Å². The highest BCUT2D eigenvalue weighted by Crippen LogP contribution is 2.18. The molecule has 0 heterocycles. The molecule has 15 heavy (non-hydrogen) atoms. The molecule has 0 fully saturated rings. The number of carbonyl (C=O) groups is 1. The fourth-order valence-electron chi connectivity index (χ4n) is 1.11. The summed E-state index contributed by atoms with van der Waals surface area (Å²) in [4.78, 5) is 10.8. The number of hydrogen-bond donors (Lipinski definition) is 1. The number of aliphatic carboxylic acids is 1. The van der Waals surface area contributed by atoms with Crippen molar-refractivity contribution in [2.24, 2.45) is 0 Å². The van der Waals surface area contributed by atoms with Crippen LogP contribution in [0.1, 0.15) is 11.7 Å². The van der Waals surface area contributed by atoms with Crippen LogP contribution in [0, 0.1) is 18.2 Å². The van der Waals surface area contributed by atoms with E-state index in [2.05, 4.69) is 5.92 Å². The van der Waals surface area contributed by atoms with E-state index in [1.54, 1.807) is 0 Å². The van der Waals surface area contributed by atoms with Gasteiger partial charge in [0, 0.05) is 0 Å². The van der Waals surface area contributed by atoms with Crippen LogP contribution in [0.3, 0.4) is 0 Å². The van der Waals surface area contributed by atoms with E-state index in [0.29, 0.717) is 0 Å². The molecule has 4 heteroatoms. The lowest BCUT2D eigenvalue weighted by molar-refractivity contribution is -0.149. The average Bonchev–Trinajstić information content (AvgIpc) is 2.18. The molecule has 78 valence electrons. The van der Waals surface area contributed by atoms with Gasteiger partial charge in [-0.2, -0.15) is 0 Å². The molecular formula is C11H9FO3. The smallest absolute Gasteiger partial charge is 0.337 e. The summed E-state index contributed by atoms with van der Waals surface area (Å²) < 4.78 is 17.7. The molecule has 0 saturated carbocycles. The third kappa shape index (κ3) is 3.08. The lowest BCUT2D eigenvalue weighted by Crippen LogP contribution is -2.15. The quantitative estimate of drug-likeness (QED) is 0.764. The van der Waals surface area contributed by atoms with Crippen LogP contribution in [-0.2, 0) is 9.53 Å². The van der Waals surface area contributed by atoms with Gasteiger partial charge >= 0.3 is 5.97 Å². The van der Waals surface area contributed by atoms with Crippen molar-refractivity contribution < 1.29 is 19.0 Å². The monoisotopic (exact) mass is 208 g/mol. The number of carboxylic acids is 1. The molecule has 0 saturated heterocycles. The largest absolute Gasteiger partial charge is 0.479 e. The van der Waals surface area contributed by atoms with Gasteiger partial charge in [-0.25, -0.2) is 9.18 Å². The van der Waals surface area contributed by atoms with Gasteiger partial charge in [0.25, 0.3) is 0 Å². The summed E-state index contributed by atoms with van der Waals surface area (Å²) in [5.74, 6) is 0.449. The Kier molecular flexibility index (Phi) is 3.83. The maximum absolute atomic E-state index is 12.8. The van der Waals surface area contributed by atoms with E-state index < -0.39 is 17.9 Å². The topological polar surface area (TPSA) is 46.5 Å². The summed E-state index contributed by atoms with van der Waals surface area (Å²) in [6.07, 6.45) is 3.72. The van der Waals surface area contributed by atoms with Gasteiger partial charge in [-0.1, -0.05) is 18.1 Å². The van der Waals surface area contributed by atoms with Gasteiger partial charge in [0.1, 0.15) is 12.4 Å². The van der Waals surface area contributed by atoms with E-state index in [0.717, 1.165) is 6.07 Å². The van der Waals surface area contributed by atoms with E-state index in [4.69, 9.17) is 16.3 Å². The van der Waals surface area contributed by atoms with Gasteiger partial charge in [0.05, 0.1) is 0 Å². The van der Waals surface area contributed by atoms with Crippen LogP contribution in [0.25, 0.3) is 0 Å². The fourth-order valence-corrected chi connectivity index (χ4v) is 1.11. The van der Waals surface area contributed by atoms with Gasteiger partial charge in [-0.3, -0.25) is 0 Å². The molecule has 0 bridgehead atoms. The molecule has 0 aromatic heterocycles. The summed E-state index contributed by atoms with van der Waals surface area (Å²) in [6, 6.07) is 5.22. The summed E-state index contributed by atoms with van der Waals surface area (Å²) >= 11 is 0. The number of halogens is 1. The van der Waals surface area contributed by atoms with Gasteiger partial charge < -0.3 is 9.84 Å². The third-order valence-electron chi connectivity index (χ3n) is 1.71.